The normalized spacial score (nSPS) is 12.3. The summed E-state index contributed by atoms with van der Waals surface area (Å²) in [6.07, 6.45) is 3.75. The maximum Gasteiger partial charge on any atom is 0.132 e. The molecule has 2 N–H and O–H groups in total. The highest BCUT2D eigenvalue weighted by Gasteiger charge is 2.13. The van der Waals surface area contributed by atoms with Crippen LogP contribution in [0.25, 0.3) is 0 Å². The van der Waals surface area contributed by atoms with Crippen molar-refractivity contribution in [3.05, 3.63) is 46.3 Å². The van der Waals surface area contributed by atoms with Gasteiger partial charge in [-0.05, 0) is 42.8 Å². The van der Waals surface area contributed by atoms with E-state index in [1.807, 2.05) is 12.3 Å². The van der Waals surface area contributed by atoms with Crippen molar-refractivity contribution in [2.45, 2.75) is 39.3 Å². The number of nitrogens with zero attached hydrogens (tertiary/aromatic N) is 2. The van der Waals surface area contributed by atoms with Crippen molar-refractivity contribution < 1.29 is 0 Å². The van der Waals surface area contributed by atoms with Crippen molar-refractivity contribution in [3.63, 3.8) is 0 Å². The van der Waals surface area contributed by atoms with Crippen LogP contribution in [-0.2, 0) is 13.0 Å². The molecule has 0 aromatic carbocycles. The third-order valence-electron chi connectivity index (χ3n) is 3.48. The molecule has 0 aliphatic heterocycles. The SMILES string of the molecule is CCC(N)Cc1cccnc1N(CC)Cc1cccs1. The highest BCUT2D eigenvalue weighted by molar-refractivity contribution is 7.09. The number of rotatable bonds is 7. The topological polar surface area (TPSA) is 42.1 Å². The van der Waals surface area contributed by atoms with E-state index in [9.17, 15) is 0 Å². The predicted octanol–water partition coefficient (Wildman–Crippen LogP) is 3.45. The molecule has 108 valence electrons. The summed E-state index contributed by atoms with van der Waals surface area (Å²) in [5.41, 5.74) is 7.36. The van der Waals surface area contributed by atoms with Crippen LogP contribution in [0.3, 0.4) is 0 Å². The van der Waals surface area contributed by atoms with Gasteiger partial charge >= 0.3 is 0 Å². The maximum absolute atomic E-state index is 6.11. The Bertz CT molecular complexity index is 510. The first-order chi connectivity index (χ1) is 9.74. The van der Waals surface area contributed by atoms with E-state index in [1.165, 1.54) is 10.4 Å². The fraction of sp³-hybridized carbons (Fsp3) is 0.438. The standard InChI is InChI=1S/C16H23N3S/c1-3-14(17)11-13-7-5-9-18-16(13)19(4-2)12-15-8-6-10-20-15/h5-10,14H,3-4,11-12,17H2,1-2H3. The summed E-state index contributed by atoms with van der Waals surface area (Å²) in [4.78, 5) is 8.28. The van der Waals surface area contributed by atoms with Gasteiger partial charge < -0.3 is 10.6 Å². The second kappa shape index (κ2) is 7.41. The molecule has 2 aromatic rings. The molecule has 0 radical (unpaired) electrons. The van der Waals surface area contributed by atoms with Gasteiger partial charge in [-0.1, -0.05) is 19.1 Å². The van der Waals surface area contributed by atoms with Crippen LogP contribution in [0.1, 0.15) is 30.7 Å². The van der Waals surface area contributed by atoms with Crippen LogP contribution in [0.4, 0.5) is 5.82 Å². The Hall–Kier alpha value is -1.39. The van der Waals surface area contributed by atoms with Gasteiger partial charge in [0.25, 0.3) is 0 Å². The van der Waals surface area contributed by atoms with Gasteiger partial charge in [0.1, 0.15) is 5.82 Å². The lowest BCUT2D eigenvalue weighted by molar-refractivity contribution is 0.642. The molecule has 0 saturated carbocycles. The second-order valence-corrected chi connectivity index (χ2v) is 5.98. The highest BCUT2D eigenvalue weighted by Crippen LogP contribution is 2.22. The summed E-state index contributed by atoms with van der Waals surface area (Å²) in [5.74, 6) is 1.08. The minimum Gasteiger partial charge on any atom is -0.352 e. The first-order valence-corrected chi connectivity index (χ1v) is 8.09. The van der Waals surface area contributed by atoms with E-state index < -0.39 is 0 Å². The zero-order valence-corrected chi connectivity index (χ0v) is 13.1. The lowest BCUT2D eigenvalue weighted by atomic mass is 10.1. The molecule has 0 aliphatic carbocycles. The molecule has 0 aliphatic rings. The number of hydrogen-bond donors (Lipinski definition) is 1. The van der Waals surface area contributed by atoms with Crippen molar-refractivity contribution >= 4 is 17.2 Å². The van der Waals surface area contributed by atoms with Gasteiger partial charge in [0.15, 0.2) is 0 Å². The third-order valence-corrected chi connectivity index (χ3v) is 4.34. The summed E-state index contributed by atoms with van der Waals surface area (Å²) in [5, 5.41) is 2.12. The molecule has 0 saturated heterocycles. The molecule has 0 spiro atoms. The second-order valence-electron chi connectivity index (χ2n) is 4.95. The fourth-order valence-electron chi connectivity index (χ4n) is 2.23. The van der Waals surface area contributed by atoms with Crippen molar-refractivity contribution in [2.75, 3.05) is 11.4 Å². The number of nitrogens with two attached hydrogens (primary N) is 1. The van der Waals surface area contributed by atoms with Gasteiger partial charge in [-0.2, -0.15) is 0 Å². The smallest absolute Gasteiger partial charge is 0.132 e. The Kier molecular flexibility index (Phi) is 5.56. The van der Waals surface area contributed by atoms with Crippen LogP contribution in [-0.4, -0.2) is 17.6 Å². The number of thiophene rings is 1. The van der Waals surface area contributed by atoms with Crippen LogP contribution in [0.2, 0.25) is 0 Å². The van der Waals surface area contributed by atoms with E-state index in [0.29, 0.717) is 0 Å². The first-order valence-electron chi connectivity index (χ1n) is 7.21. The van der Waals surface area contributed by atoms with Crippen LogP contribution < -0.4 is 10.6 Å². The summed E-state index contributed by atoms with van der Waals surface area (Å²) in [6, 6.07) is 8.63. The zero-order chi connectivity index (χ0) is 14.4. The van der Waals surface area contributed by atoms with Gasteiger partial charge in [0.2, 0.25) is 0 Å². The molecule has 20 heavy (non-hydrogen) atoms. The van der Waals surface area contributed by atoms with E-state index in [4.69, 9.17) is 5.73 Å². The monoisotopic (exact) mass is 289 g/mol. The van der Waals surface area contributed by atoms with Gasteiger partial charge in [0, 0.05) is 23.7 Å². The summed E-state index contributed by atoms with van der Waals surface area (Å²) in [6.45, 7) is 6.17. The largest absolute Gasteiger partial charge is 0.352 e. The molecular formula is C16H23N3S. The average molecular weight is 289 g/mol. The Balaban J connectivity index is 2.20. The van der Waals surface area contributed by atoms with Crippen molar-refractivity contribution in [2.24, 2.45) is 5.73 Å². The zero-order valence-electron chi connectivity index (χ0n) is 12.2. The highest BCUT2D eigenvalue weighted by atomic mass is 32.1. The quantitative estimate of drug-likeness (QED) is 0.849. The Morgan fingerprint density at radius 3 is 2.80 bits per heavy atom. The van der Waals surface area contributed by atoms with Crippen LogP contribution in [0.5, 0.6) is 0 Å². The molecule has 1 atom stereocenters. The van der Waals surface area contributed by atoms with E-state index in [2.05, 4.69) is 47.3 Å². The lowest BCUT2D eigenvalue weighted by Gasteiger charge is -2.24. The molecule has 2 rings (SSSR count). The molecule has 2 aromatic heterocycles. The van der Waals surface area contributed by atoms with Crippen molar-refractivity contribution in [1.29, 1.82) is 0 Å². The van der Waals surface area contributed by atoms with Crippen molar-refractivity contribution in [3.8, 4) is 0 Å². The van der Waals surface area contributed by atoms with Gasteiger partial charge in [-0.3, -0.25) is 0 Å². The molecule has 2 heterocycles. The number of hydrogen-bond acceptors (Lipinski definition) is 4. The maximum atomic E-state index is 6.11. The van der Waals surface area contributed by atoms with Crippen LogP contribution in [0.15, 0.2) is 35.8 Å². The predicted molar refractivity (Wildman–Crippen MR) is 87.3 cm³/mol. The molecule has 1 unspecified atom stereocenters. The Morgan fingerprint density at radius 2 is 2.15 bits per heavy atom. The molecule has 0 bridgehead atoms. The molecule has 0 amide bonds. The Labute approximate surface area is 125 Å². The first kappa shape index (κ1) is 15.0. The van der Waals surface area contributed by atoms with Crippen LogP contribution in [0, 0.1) is 0 Å². The molecule has 3 nitrogen and oxygen atoms in total. The van der Waals surface area contributed by atoms with E-state index in [-0.39, 0.29) is 6.04 Å². The molecular weight excluding hydrogens is 266 g/mol. The van der Waals surface area contributed by atoms with Crippen molar-refractivity contribution in [1.82, 2.24) is 4.98 Å². The lowest BCUT2D eigenvalue weighted by Crippen LogP contribution is -2.27. The van der Waals surface area contributed by atoms with E-state index in [1.54, 1.807) is 11.3 Å². The fourth-order valence-corrected chi connectivity index (χ4v) is 2.95. The average Bonchev–Trinajstić information content (AvgIpc) is 2.98. The molecule has 4 heteroatoms. The summed E-state index contributed by atoms with van der Waals surface area (Å²) in [7, 11) is 0. The summed E-state index contributed by atoms with van der Waals surface area (Å²) < 4.78 is 0. The minimum atomic E-state index is 0.207. The summed E-state index contributed by atoms with van der Waals surface area (Å²) >= 11 is 1.79. The van der Waals surface area contributed by atoms with Gasteiger partial charge in [-0.15, -0.1) is 11.3 Å². The number of aromatic nitrogens is 1. The van der Waals surface area contributed by atoms with Crippen LogP contribution >= 0.6 is 11.3 Å². The number of pyridine rings is 1. The third kappa shape index (κ3) is 3.81. The molecule has 0 fully saturated rings. The van der Waals surface area contributed by atoms with Gasteiger partial charge in [-0.25, -0.2) is 4.98 Å². The van der Waals surface area contributed by atoms with E-state index in [0.717, 1.165) is 31.7 Å². The number of anilines is 1. The van der Waals surface area contributed by atoms with Gasteiger partial charge in [0.05, 0.1) is 6.54 Å². The Morgan fingerprint density at radius 1 is 1.30 bits per heavy atom. The minimum absolute atomic E-state index is 0.207. The van der Waals surface area contributed by atoms with E-state index >= 15 is 0 Å².